The quantitative estimate of drug-likeness (QED) is 0.746. The third kappa shape index (κ3) is 2.58. The van der Waals surface area contributed by atoms with E-state index in [-0.39, 0.29) is 16.6 Å². The molecule has 1 aromatic carbocycles. The Morgan fingerprint density at radius 1 is 1.44 bits per heavy atom. The number of anilines is 2. The van der Waals surface area contributed by atoms with Gasteiger partial charge in [0, 0.05) is 18.3 Å². The van der Waals surface area contributed by atoms with E-state index in [2.05, 4.69) is 4.90 Å². The van der Waals surface area contributed by atoms with Gasteiger partial charge in [-0.1, -0.05) is 0 Å². The van der Waals surface area contributed by atoms with Gasteiger partial charge >= 0.3 is 0 Å². The molecule has 0 amide bonds. The van der Waals surface area contributed by atoms with E-state index < -0.39 is 10.0 Å². The van der Waals surface area contributed by atoms with Crippen molar-refractivity contribution in [2.45, 2.75) is 17.9 Å². The summed E-state index contributed by atoms with van der Waals surface area (Å²) in [6, 6.07) is 5.04. The molecule has 0 radical (unpaired) electrons. The Morgan fingerprint density at radius 2 is 2.17 bits per heavy atom. The summed E-state index contributed by atoms with van der Waals surface area (Å²) in [6.45, 7) is 4.11. The minimum atomic E-state index is -3.76. The number of hydrogen-bond donors (Lipinski definition) is 2. The third-order valence-electron chi connectivity index (χ3n) is 3.00. The van der Waals surface area contributed by atoms with E-state index in [1.54, 1.807) is 12.1 Å². The van der Waals surface area contributed by atoms with Crippen LogP contribution in [0.3, 0.4) is 0 Å². The molecule has 0 bridgehead atoms. The number of rotatable bonds is 2. The molecule has 100 valence electrons. The monoisotopic (exact) mass is 271 g/mol. The van der Waals surface area contributed by atoms with Crippen molar-refractivity contribution in [2.24, 2.45) is 5.14 Å². The molecular formula is C11H17N3O3S. The minimum absolute atomic E-state index is 0.0350. The number of primary sulfonamides is 1. The average molecular weight is 271 g/mol. The largest absolute Gasteiger partial charge is 0.398 e. The van der Waals surface area contributed by atoms with Gasteiger partial charge < -0.3 is 15.4 Å². The van der Waals surface area contributed by atoms with Crippen molar-refractivity contribution in [2.75, 3.05) is 30.4 Å². The molecule has 0 aromatic heterocycles. The summed E-state index contributed by atoms with van der Waals surface area (Å²) in [6.07, 6.45) is 0. The molecule has 1 aliphatic rings. The van der Waals surface area contributed by atoms with Crippen LogP contribution in [0.5, 0.6) is 0 Å². The van der Waals surface area contributed by atoms with Crippen LogP contribution in [0.25, 0.3) is 0 Å². The zero-order valence-corrected chi connectivity index (χ0v) is 11.0. The number of hydrogen-bond acceptors (Lipinski definition) is 5. The Hall–Kier alpha value is -1.31. The summed E-state index contributed by atoms with van der Waals surface area (Å²) >= 11 is 0. The summed E-state index contributed by atoms with van der Waals surface area (Å²) in [5.41, 5.74) is 6.80. The molecule has 1 aliphatic heterocycles. The SMILES string of the molecule is CC1COCCN1c1ccc(S(N)(=O)=O)c(N)c1. The van der Waals surface area contributed by atoms with E-state index in [1.165, 1.54) is 6.07 Å². The van der Waals surface area contributed by atoms with Crippen LogP contribution in [-0.4, -0.2) is 34.2 Å². The van der Waals surface area contributed by atoms with Gasteiger partial charge in [0.15, 0.2) is 0 Å². The van der Waals surface area contributed by atoms with Crippen LogP contribution in [0.4, 0.5) is 11.4 Å². The number of benzene rings is 1. The Balaban J connectivity index is 2.34. The van der Waals surface area contributed by atoms with Crippen molar-refractivity contribution in [3.63, 3.8) is 0 Å². The van der Waals surface area contributed by atoms with Crippen molar-refractivity contribution < 1.29 is 13.2 Å². The van der Waals surface area contributed by atoms with E-state index in [4.69, 9.17) is 15.6 Å². The average Bonchev–Trinajstić information content (AvgIpc) is 2.27. The molecule has 2 rings (SSSR count). The normalized spacial score (nSPS) is 21.0. The molecule has 0 aliphatic carbocycles. The number of ether oxygens (including phenoxy) is 1. The summed E-state index contributed by atoms with van der Waals surface area (Å²) in [5.74, 6) is 0. The number of nitrogen functional groups attached to an aromatic ring is 1. The second-order valence-corrected chi connectivity index (χ2v) is 5.91. The smallest absolute Gasteiger partial charge is 0.240 e. The van der Waals surface area contributed by atoms with Crippen LogP contribution in [0.1, 0.15) is 6.92 Å². The fraction of sp³-hybridized carbons (Fsp3) is 0.455. The van der Waals surface area contributed by atoms with Crippen LogP contribution in [0, 0.1) is 0 Å². The maximum Gasteiger partial charge on any atom is 0.240 e. The van der Waals surface area contributed by atoms with E-state index in [0.717, 1.165) is 12.2 Å². The van der Waals surface area contributed by atoms with Gasteiger partial charge in [-0.05, 0) is 25.1 Å². The van der Waals surface area contributed by atoms with Gasteiger partial charge in [0.1, 0.15) is 4.90 Å². The summed E-state index contributed by atoms with van der Waals surface area (Å²) in [5, 5.41) is 5.07. The highest BCUT2D eigenvalue weighted by atomic mass is 32.2. The molecule has 7 heteroatoms. The van der Waals surface area contributed by atoms with Crippen LogP contribution in [-0.2, 0) is 14.8 Å². The number of sulfonamides is 1. The molecule has 18 heavy (non-hydrogen) atoms. The predicted molar refractivity (Wildman–Crippen MR) is 69.9 cm³/mol. The van der Waals surface area contributed by atoms with E-state index >= 15 is 0 Å². The lowest BCUT2D eigenvalue weighted by Gasteiger charge is -2.35. The summed E-state index contributed by atoms with van der Waals surface area (Å²) < 4.78 is 27.9. The number of nitrogens with zero attached hydrogens (tertiary/aromatic N) is 1. The Kier molecular flexibility index (Phi) is 3.47. The first kappa shape index (κ1) is 13.1. The molecule has 1 fully saturated rings. The molecule has 4 N–H and O–H groups in total. The molecule has 1 unspecified atom stereocenters. The van der Waals surface area contributed by atoms with E-state index in [0.29, 0.717) is 13.2 Å². The molecule has 6 nitrogen and oxygen atoms in total. The van der Waals surface area contributed by atoms with Gasteiger partial charge in [-0.2, -0.15) is 0 Å². The Morgan fingerprint density at radius 3 is 2.72 bits per heavy atom. The van der Waals surface area contributed by atoms with Gasteiger partial charge in [-0.25, -0.2) is 13.6 Å². The van der Waals surface area contributed by atoms with E-state index in [9.17, 15) is 8.42 Å². The summed E-state index contributed by atoms with van der Waals surface area (Å²) in [7, 11) is -3.76. The summed E-state index contributed by atoms with van der Waals surface area (Å²) in [4.78, 5) is 2.10. The van der Waals surface area contributed by atoms with Crippen LogP contribution >= 0.6 is 0 Å². The lowest BCUT2D eigenvalue weighted by atomic mass is 10.2. The van der Waals surface area contributed by atoms with Crippen molar-refractivity contribution in [3.8, 4) is 0 Å². The van der Waals surface area contributed by atoms with Crippen LogP contribution < -0.4 is 15.8 Å². The zero-order valence-electron chi connectivity index (χ0n) is 10.2. The topological polar surface area (TPSA) is 98.6 Å². The van der Waals surface area contributed by atoms with E-state index in [1.807, 2.05) is 6.92 Å². The Labute approximate surface area is 107 Å². The minimum Gasteiger partial charge on any atom is -0.398 e. The van der Waals surface area contributed by atoms with Gasteiger partial charge in [0.25, 0.3) is 0 Å². The highest BCUT2D eigenvalue weighted by molar-refractivity contribution is 7.89. The molecule has 1 aromatic rings. The molecule has 0 saturated carbocycles. The van der Waals surface area contributed by atoms with Crippen LogP contribution in [0.15, 0.2) is 23.1 Å². The number of nitrogens with two attached hydrogens (primary N) is 2. The van der Waals surface area contributed by atoms with Gasteiger partial charge in [0.05, 0.1) is 18.9 Å². The lowest BCUT2D eigenvalue weighted by Crippen LogP contribution is -2.43. The van der Waals surface area contributed by atoms with Crippen molar-refractivity contribution in [1.82, 2.24) is 0 Å². The fourth-order valence-corrected chi connectivity index (χ4v) is 2.73. The highest BCUT2D eigenvalue weighted by Gasteiger charge is 2.21. The first-order valence-corrected chi connectivity index (χ1v) is 7.21. The fourth-order valence-electron chi connectivity index (χ4n) is 2.08. The molecule has 1 heterocycles. The van der Waals surface area contributed by atoms with Crippen molar-refractivity contribution in [1.29, 1.82) is 0 Å². The first-order chi connectivity index (χ1) is 8.39. The molecule has 1 saturated heterocycles. The molecule has 0 spiro atoms. The zero-order chi connectivity index (χ0) is 13.3. The van der Waals surface area contributed by atoms with Gasteiger partial charge in [-0.3, -0.25) is 0 Å². The predicted octanol–water partition coefficient (Wildman–Crippen LogP) is 0.141. The maximum atomic E-state index is 11.3. The lowest BCUT2D eigenvalue weighted by molar-refractivity contribution is 0.0989. The van der Waals surface area contributed by atoms with Crippen molar-refractivity contribution in [3.05, 3.63) is 18.2 Å². The van der Waals surface area contributed by atoms with Gasteiger partial charge in [0.2, 0.25) is 10.0 Å². The molecular weight excluding hydrogens is 254 g/mol. The standard InChI is InChI=1S/C11H17N3O3S/c1-8-7-17-5-4-14(8)9-2-3-11(10(12)6-9)18(13,15)16/h2-3,6,8H,4-5,7,12H2,1H3,(H2,13,15,16). The highest BCUT2D eigenvalue weighted by Crippen LogP contribution is 2.26. The Bertz CT molecular complexity index is 544. The first-order valence-electron chi connectivity index (χ1n) is 5.66. The van der Waals surface area contributed by atoms with Gasteiger partial charge in [-0.15, -0.1) is 0 Å². The van der Waals surface area contributed by atoms with Crippen molar-refractivity contribution >= 4 is 21.4 Å². The third-order valence-corrected chi connectivity index (χ3v) is 3.98. The number of morpholine rings is 1. The second kappa shape index (κ2) is 4.75. The maximum absolute atomic E-state index is 11.3. The second-order valence-electron chi connectivity index (χ2n) is 4.38. The molecule has 1 atom stereocenters. The van der Waals surface area contributed by atoms with Crippen LogP contribution in [0.2, 0.25) is 0 Å².